The molecular formula is C25H26N2O3. The minimum absolute atomic E-state index is 0.562. The highest BCUT2D eigenvalue weighted by atomic mass is 16.5. The number of carboxylic acid groups (broad SMARTS) is 1. The molecule has 0 saturated carbocycles. The first-order chi connectivity index (χ1) is 14.7. The number of ether oxygens (including phenoxy) is 1. The zero-order chi connectivity index (χ0) is 21.2. The fourth-order valence-electron chi connectivity index (χ4n) is 3.13. The van der Waals surface area contributed by atoms with E-state index in [2.05, 4.69) is 11.4 Å². The molecule has 0 saturated heterocycles. The van der Waals surface area contributed by atoms with Crippen LogP contribution in [0.25, 0.3) is 17.2 Å². The van der Waals surface area contributed by atoms with Gasteiger partial charge in [0.05, 0.1) is 12.3 Å². The van der Waals surface area contributed by atoms with Crippen LogP contribution in [0.3, 0.4) is 0 Å². The Labute approximate surface area is 176 Å². The van der Waals surface area contributed by atoms with Gasteiger partial charge in [0, 0.05) is 5.56 Å². The smallest absolute Gasteiger partial charge is 0.409 e. The van der Waals surface area contributed by atoms with Gasteiger partial charge in [0.2, 0.25) is 0 Å². The van der Waals surface area contributed by atoms with Gasteiger partial charge < -0.3 is 15.6 Å². The Kier molecular flexibility index (Phi) is 7.64. The third-order valence-electron chi connectivity index (χ3n) is 4.59. The second kappa shape index (κ2) is 10.8. The van der Waals surface area contributed by atoms with Crippen LogP contribution in [0.15, 0.2) is 78.9 Å². The third kappa shape index (κ3) is 6.22. The Bertz CT molecular complexity index is 983. The minimum atomic E-state index is -1.08. The van der Waals surface area contributed by atoms with Gasteiger partial charge in [-0.1, -0.05) is 60.7 Å². The maximum Gasteiger partial charge on any atom is 0.409 e. The van der Waals surface area contributed by atoms with E-state index in [-0.39, 0.29) is 0 Å². The molecule has 0 unspecified atom stereocenters. The van der Waals surface area contributed by atoms with Crippen molar-refractivity contribution in [2.24, 2.45) is 5.73 Å². The van der Waals surface area contributed by atoms with Gasteiger partial charge >= 0.3 is 6.09 Å². The zero-order valence-corrected chi connectivity index (χ0v) is 16.8. The average molecular weight is 402 g/mol. The first-order valence-corrected chi connectivity index (χ1v) is 9.93. The van der Waals surface area contributed by atoms with E-state index in [1.807, 2.05) is 72.8 Å². The van der Waals surface area contributed by atoms with Crippen LogP contribution in [-0.4, -0.2) is 24.4 Å². The average Bonchev–Trinajstić information content (AvgIpc) is 2.76. The maximum atomic E-state index is 11.1. The summed E-state index contributed by atoms with van der Waals surface area (Å²) >= 11 is 0. The fraction of sp³-hybridized carbons (Fsp3) is 0.160. The van der Waals surface area contributed by atoms with Crippen LogP contribution in [0.1, 0.15) is 17.5 Å². The monoisotopic (exact) mass is 402 g/mol. The van der Waals surface area contributed by atoms with Crippen molar-refractivity contribution in [1.82, 2.24) is 0 Å². The molecule has 0 atom stereocenters. The molecular weight excluding hydrogens is 376 g/mol. The lowest BCUT2D eigenvalue weighted by molar-refractivity contribution is 0.210. The molecule has 3 rings (SSSR count). The lowest BCUT2D eigenvalue weighted by Crippen LogP contribution is -2.08. The Morgan fingerprint density at radius 1 is 1.03 bits per heavy atom. The molecule has 0 aliphatic rings. The van der Waals surface area contributed by atoms with Gasteiger partial charge in [0.1, 0.15) is 5.75 Å². The number of carbonyl (C=O) groups is 1. The van der Waals surface area contributed by atoms with E-state index < -0.39 is 6.09 Å². The minimum Gasteiger partial charge on any atom is -0.493 e. The Balaban J connectivity index is 1.61. The van der Waals surface area contributed by atoms with Gasteiger partial charge in [-0.25, -0.2) is 4.79 Å². The molecule has 1 amide bonds. The molecule has 0 aliphatic carbocycles. The number of nitrogens with one attached hydrogen (secondary N) is 1. The van der Waals surface area contributed by atoms with E-state index in [0.29, 0.717) is 18.8 Å². The van der Waals surface area contributed by atoms with E-state index >= 15 is 0 Å². The molecule has 0 heterocycles. The first-order valence-electron chi connectivity index (χ1n) is 9.93. The number of benzene rings is 3. The Morgan fingerprint density at radius 3 is 2.50 bits per heavy atom. The molecule has 3 aromatic carbocycles. The van der Waals surface area contributed by atoms with Crippen molar-refractivity contribution in [1.29, 1.82) is 0 Å². The van der Waals surface area contributed by atoms with E-state index in [9.17, 15) is 4.79 Å². The quantitative estimate of drug-likeness (QED) is 0.417. The summed E-state index contributed by atoms with van der Waals surface area (Å²) in [5.41, 5.74) is 10.1. The number of hydrogen-bond donors (Lipinski definition) is 3. The van der Waals surface area contributed by atoms with Crippen LogP contribution in [0.5, 0.6) is 5.75 Å². The predicted molar refractivity (Wildman–Crippen MR) is 122 cm³/mol. The van der Waals surface area contributed by atoms with Crippen LogP contribution in [0, 0.1) is 0 Å². The summed E-state index contributed by atoms with van der Waals surface area (Å²) in [5, 5.41) is 11.6. The van der Waals surface area contributed by atoms with Crippen molar-refractivity contribution in [3.05, 3.63) is 90.0 Å². The number of nitrogens with two attached hydrogens (primary N) is 1. The molecule has 5 heteroatoms. The molecule has 30 heavy (non-hydrogen) atoms. The Morgan fingerprint density at radius 2 is 1.80 bits per heavy atom. The van der Waals surface area contributed by atoms with Gasteiger partial charge in [-0.2, -0.15) is 0 Å². The molecule has 3 aromatic rings. The molecule has 0 bridgehead atoms. The van der Waals surface area contributed by atoms with Gasteiger partial charge in [-0.15, -0.1) is 0 Å². The van der Waals surface area contributed by atoms with Crippen LogP contribution in [-0.2, 0) is 6.42 Å². The predicted octanol–water partition coefficient (Wildman–Crippen LogP) is 5.43. The first kappa shape index (κ1) is 21.1. The molecule has 0 aliphatic heterocycles. The summed E-state index contributed by atoms with van der Waals surface area (Å²) in [5.74, 6) is 0.847. The highest BCUT2D eigenvalue weighted by Gasteiger charge is 2.08. The number of rotatable bonds is 9. The lowest BCUT2D eigenvalue weighted by Gasteiger charge is -2.11. The second-order valence-electron chi connectivity index (χ2n) is 6.82. The topological polar surface area (TPSA) is 84.6 Å². The highest BCUT2D eigenvalue weighted by Crippen LogP contribution is 2.29. The van der Waals surface area contributed by atoms with E-state index in [0.717, 1.165) is 35.3 Å². The summed E-state index contributed by atoms with van der Waals surface area (Å²) in [7, 11) is 0. The zero-order valence-electron chi connectivity index (χ0n) is 16.8. The van der Waals surface area contributed by atoms with Crippen LogP contribution in [0.4, 0.5) is 10.5 Å². The van der Waals surface area contributed by atoms with Crippen molar-refractivity contribution in [2.45, 2.75) is 12.8 Å². The highest BCUT2D eigenvalue weighted by molar-refractivity contribution is 5.91. The lowest BCUT2D eigenvalue weighted by atomic mass is 10.0. The summed E-state index contributed by atoms with van der Waals surface area (Å²) in [6.07, 6.45) is 4.63. The summed E-state index contributed by atoms with van der Waals surface area (Å²) in [6.45, 7) is 1.22. The SMILES string of the molecule is NCCc1ccc(OCCC=Cc2ccc(NC(=O)O)c(-c3ccccc3)c2)cc1. The molecule has 0 fully saturated rings. The van der Waals surface area contributed by atoms with Crippen molar-refractivity contribution in [3.63, 3.8) is 0 Å². The van der Waals surface area contributed by atoms with Gasteiger partial charge in [0.25, 0.3) is 0 Å². The van der Waals surface area contributed by atoms with Crippen molar-refractivity contribution in [2.75, 3.05) is 18.5 Å². The van der Waals surface area contributed by atoms with Gasteiger partial charge in [-0.3, -0.25) is 5.32 Å². The normalized spacial score (nSPS) is 10.8. The molecule has 0 radical (unpaired) electrons. The molecule has 0 aromatic heterocycles. The van der Waals surface area contributed by atoms with Crippen molar-refractivity contribution < 1.29 is 14.6 Å². The molecule has 4 N–H and O–H groups in total. The van der Waals surface area contributed by atoms with Crippen molar-refractivity contribution >= 4 is 17.9 Å². The van der Waals surface area contributed by atoms with E-state index in [1.54, 1.807) is 6.07 Å². The van der Waals surface area contributed by atoms with Gasteiger partial charge in [-0.05, 0) is 60.3 Å². The second-order valence-corrected chi connectivity index (χ2v) is 6.82. The van der Waals surface area contributed by atoms with E-state index in [4.69, 9.17) is 15.6 Å². The standard InChI is InChI=1S/C25H26N2O3/c26-16-15-19-9-12-22(13-10-19)30-17-5-4-6-20-11-14-24(27-25(28)29)23(18-20)21-7-2-1-3-8-21/h1-4,6-14,18,27H,5,15-17,26H2,(H,28,29). The van der Waals surface area contributed by atoms with Crippen LogP contribution < -0.4 is 15.8 Å². The van der Waals surface area contributed by atoms with Crippen LogP contribution >= 0.6 is 0 Å². The van der Waals surface area contributed by atoms with Crippen LogP contribution in [0.2, 0.25) is 0 Å². The third-order valence-corrected chi connectivity index (χ3v) is 4.59. The van der Waals surface area contributed by atoms with E-state index in [1.165, 1.54) is 5.56 Å². The largest absolute Gasteiger partial charge is 0.493 e. The maximum absolute atomic E-state index is 11.1. The molecule has 154 valence electrons. The van der Waals surface area contributed by atoms with Gasteiger partial charge in [0.15, 0.2) is 0 Å². The summed E-state index contributed by atoms with van der Waals surface area (Å²) in [6, 6.07) is 23.4. The number of hydrogen-bond acceptors (Lipinski definition) is 3. The number of amides is 1. The summed E-state index contributed by atoms with van der Waals surface area (Å²) in [4.78, 5) is 11.1. The Hall–Kier alpha value is -3.57. The molecule has 5 nitrogen and oxygen atoms in total. The fourth-order valence-corrected chi connectivity index (χ4v) is 3.13. The van der Waals surface area contributed by atoms with Crippen molar-refractivity contribution in [3.8, 4) is 16.9 Å². The number of anilines is 1. The summed E-state index contributed by atoms with van der Waals surface area (Å²) < 4.78 is 5.78. The molecule has 0 spiro atoms.